The summed E-state index contributed by atoms with van der Waals surface area (Å²) in [5, 5.41) is 3.01. The molecule has 0 aromatic rings. The third-order valence-electron chi connectivity index (χ3n) is 3.72. The van der Waals surface area contributed by atoms with Crippen LogP contribution in [0.3, 0.4) is 0 Å². The average Bonchev–Trinajstić information content (AvgIpc) is 2.28. The molecule has 4 heteroatoms. The van der Waals surface area contributed by atoms with Crippen molar-refractivity contribution >= 4 is 5.91 Å². The summed E-state index contributed by atoms with van der Waals surface area (Å²) in [5.41, 5.74) is 5.53. The second-order valence-corrected chi connectivity index (χ2v) is 4.99. The molecule has 0 spiro atoms. The molecule has 0 bridgehead atoms. The molecule has 4 nitrogen and oxygen atoms in total. The quantitative estimate of drug-likeness (QED) is 0.727. The highest BCUT2D eigenvalue weighted by molar-refractivity contribution is 5.76. The monoisotopic (exact) mass is 227 g/mol. The van der Waals surface area contributed by atoms with Crippen molar-refractivity contribution in [2.24, 2.45) is 5.73 Å². The van der Waals surface area contributed by atoms with Gasteiger partial charge in [0.1, 0.15) is 0 Å². The van der Waals surface area contributed by atoms with Crippen LogP contribution in [-0.2, 0) is 4.79 Å². The fraction of sp³-hybridized carbons (Fsp3) is 0.917. The van der Waals surface area contributed by atoms with Crippen LogP contribution < -0.4 is 11.1 Å². The molecule has 0 atom stereocenters. The van der Waals surface area contributed by atoms with Crippen molar-refractivity contribution in [3.8, 4) is 0 Å². The first-order valence-corrected chi connectivity index (χ1v) is 6.25. The first-order chi connectivity index (χ1) is 7.60. The molecule has 1 rings (SSSR count). The Hall–Kier alpha value is -0.610. The van der Waals surface area contributed by atoms with Gasteiger partial charge in [-0.15, -0.1) is 0 Å². The van der Waals surface area contributed by atoms with E-state index in [-0.39, 0.29) is 11.4 Å². The number of carbonyl (C=O) groups excluding carboxylic acids is 1. The number of likely N-dealkylation sites (N-methyl/N-ethyl adjacent to an activating group) is 1. The Labute approximate surface area is 98.6 Å². The summed E-state index contributed by atoms with van der Waals surface area (Å²) in [5.74, 6) is 0.0781. The predicted octanol–water partition coefficient (Wildman–Crippen LogP) is 0.716. The largest absolute Gasteiger partial charge is 0.354 e. The normalized spacial score (nSPS) is 19.8. The maximum Gasteiger partial charge on any atom is 0.221 e. The lowest BCUT2D eigenvalue weighted by Gasteiger charge is -2.43. The number of hydrogen-bond acceptors (Lipinski definition) is 3. The van der Waals surface area contributed by atoms with Crippen LogP contribution in [0.15, 0.2) is 0 Å². The molecule has 3 N–H and O–H groups in total. The van der Waals surface area contributed by atoms with Gasteiger partial charge in [-0.3, -0.25) is 4.79 Å². The van der Waals surface area contributed by atoms with Crippen molar-refractivity contribution in [1.29, 1.82) is 0 Å². The summed E-state index contributed by atoms with van der Waals surface area (Å²) < 4.78 is 0. The predicted molar refractivity (Wildman–Crippen MR) is 66.2 cm³/mol. The number of carbonyl (C=O) groups is 1. The first kappa shape index (κ1) is 13.5. The lowest BCUT2D eigenvalue weighted by molar-refractivity contribution is -0.121. The van der Waals surface area contributed by atoms with E-state index < -0.39 is 0 Å². The molecule has 0 aliphatic heterocycles. The number of nitrogens with zero attached hydrogens (tertiary/aromatic N) is 1. The molecule has 1 amide bonds. The molecule has 1 aliphatic carbocycles. The third-order valence-corrected chi connectivity index (χ3v) is 3.72. The maximum atomic E-state index is 11.4. The highest BCUT2D eigenvalue weighted by Crippen LogP contribution is 2.31. The van der Waals surface area contributed by atoms with E-state index in [9.17, 15) is 4.79 Å². The van der Waals surface area contributed by atoms with E-state index in [1.54, 1.807) is 0 Å². The lowest BCUT2D eigenvalue weighted by atomic mass is 9.80. The topological polar surface area (TPSA) is 58.4 Å². The molecular formula is C12H25N3O. The fourth-order valence-corrected chi connectivity index (χ4v) is 2.47. The van der Waals surface area contributed by atoms with Gasteiger partial charge in [-0.2, -0.15) is 0 Å². The molecule has 0 heterocycles. The van der Waals surface area contributed by atoms with Crippen LogP contribution in [0.1, 0.15) is 38.5 Å². The van der Waals surface area contributed by atoms with Gasteiger partial charge in [0, 0.05) is 25.0 Å². The number of nitrogens with one attached hydrogen (secondary N) is 1. The summed E-state index contributed by atoms with van der Waals surface area (Å²) in [7, 11) is 4.22. The first-order valence-electron chi connectivity index (χ1n) is 6.25. The zero-order chi connectivity index (χ0) is 12.0. The van der Waals surface area contributed by atoms with E-state index in [1.807, 2.05) is 0 Å². The number of amides is 1. The van der Waals surface area contributed by atoms with E-state index in [1.165, 1.54) is 32.1 Å². The second kappa shape index (κ2) is 6.21. The molecule has 1 aliphatic rings. The Morgan fingerprint density at radius 2 is 1.94 bits per heavy atom. The Kier molecular flexibility index (Phi) is 5.22. The van der Waals surface area contributed by atoms with Gasteiger partial charge in [-0.1, -0.05) is 19.3 Å². The Morgan fingerprint density at radius 1 is 1.31 bits per heavy atom. The van der Waals surface area contributed by atoms with Gasteiger partial charge in [0.15, 0.2) is 0 Å². The average molecular weight is 227 g/mol. The van der Waals surface area contributed by atoms with Crippen LogP contribution in [0.4, 0.5) is 0 Å². The second-order valence-electron chi connectivity index (χ2n) is 4.99. The van der Waals surface area contributed by atoms with Gasteiger partial charge >= 0.3 is 0 Å². The summed E-state index contributed by atoms with van der Waals surface area (Å²) in [6.07, 6.45) is 6.66. The van der Waals surface area contributed by atoms with Crippen molar-refractivity contribution in [2.75, 3.05) is 27.2 Å². The van der Waals surface area contributed by atoms with Gasteiger partial charge in [0.05, 0.1) is 0 Å². The zero-order valence-electron chi connectivity index (χ0n) is 10.6. The maximum absolute atomic E-state index is 11.4. The van der Waals surface area contributed by atoms with Crippen LogP contribution in [0.2, 0.25) is 0 Å². The minimum atomic E-state index is 0.0781. The third kappa shape index (κ3) is 3.46. The molecule has 1 fully saturated rings. The Morgan fingerprint density at radius 3 is 2.44 bits per heavy atom. The Balaban J connectivity index is 2.47. The molecule has 16 heavy (non-hydrogen) atoms. The molecular weight excluding hydrogens is 202 g/mol. The zero-order valence-corrected chi connectivity index (χ0v) is 10.6. The standard InChI is InChI=1S/C12H25N3O/c1-15(2)12(7-4-3-5-8-12)10-14-11(16)6-9-13/h3-10,13H2,1-2H3,(H,14,16). The van der Waals surface area contributed by atoms with Crippen LogP contribution in [0, 0.1) is 0 Å². The summed E-state index contributed by atoms with van der Waals surface area (Å²) in [4.78, 5) is 13.7. The minimum Gasteiger partial charge on any atom is -0.354 e. The van der Waals surface area contributed by atoms with Crippen LogP contribution in [0.5, 0.6) is 0 Å². The minimum absolute atomic E-state index is 0.0781. The van der Waals surface area contributed by atoms with E-state index in [2.05, 4.69) is 24.3 Å². The highest BCUT2D eigenvalue weighted by atomic mass is 16.1. The SMILES string of the molecule is CN(C)C1(CNC(=O)CCN)CCCCC1. The number of hydrogen-bond donors (Lipinski definition) is 2. The summed E-state index contributed by atoms with van der Waals surface area (Å²) >= 11 is 0. The molecule has 0 aromatic heterocycles. The smallest absolute Gasteiger partial charge is 0.221 e. The van der Waals surface area contributed by atoms with Crippen molar-refractivity contribution < 1.29 is 4.79 Å². The summed E-state index contributed by atoms with van der Waals surface area (Å²) in [6.45, 7) is 1.19. The van der Waals surface area contributed by atoms with Gasteiger partial charge in [-0.05, 0) is 26.9 Å². The van der Waals surface area contributed by atoms with Gasteiger partial charge in [0.2, 0.25) is 5.91 Å². The van der Waals surface area contributed by atoms with Gasteiger partial charge < -0.3 is 16.0 Å². The van der Waals surface area contributed by atoms with Crippen LogP contribution in [-0.4, -0.2) is 43.5 Å². The van der Waals surface area contributed by atoms with Crippen molar-refractivity contribution in [1.82, 2.24) is 10.2 Å². The van der Waals surface area contributed by atoms with E-state index in [0.717, 1.165) is 6.54 Å². The van der Waals surface area contributed by atoms with E-state index in [4.69, 9.17) is 5.73 Å². The molecule has 0 aromatic carbocycles. The van der Waals surface area contributed by atoms with E-state index in [0.29, 0.717) is 13.0 Å². The Bertz CT molecular complexity index is 222. The number of rotatable bonds is 5. The summed E-state index contributed by atoms with van der Waals surface area (Å²) in [6, 6.07) is 0. The highest BCUT2D eigenvalue weighted by Gasteiger charge is 2.34. The van der Waals surface area contributed by atoms with Gasteiger partial charge in [0.25, 0.3) is 0 Å². The molecule has 0 saturated heterocycles. The molecule has 0 radical (unpaired) electrons. The number of nitrogens with two attached hydrogens (primary N) is 1. The molecule has 0 unspecified atom stereocenters. The lowest BCUT2D eigenvalue weighted by Crippen LogP contribution is -2.53. The molecule has 1 saturated carbocycles. The van der Waals surface area contributed by atoms with E-state index >= 15 is 0 Å². The fourth-order valence-electron chi connectivity index (χ4n) is 2.47. The van der Waals surface area contributed by atoms with Crippen molar-refractivity contribution in [3.63, 3.8) is 0 Å². The van der Waals surface area contributed by atoms with Crippen molar-refractivity contribution in [3.05, 3.63) is 0 Å². The van der Waals surface area contributed by atoms with Crippen LogP contribution >= 0.6 is 0 Å². The van der Waals surface area contributed by atoms with Crippen LogP contribution in [0.25, 0.3) is 0 Å². The van der Waals surface area contributed by atoms with Gasteiger partial charge in [-0.25, -0.2) is 0 Å². The van der Waals surface area contributed by atoms with Crippen molar-refractivity contribution in [2.45, 2.75) is 44.1 Å². The molecule has 94 valence electrons.